The van der Waals surface area contributed by atoms with Crippen LogP contribution in [0.4, 0.5) is 4.39 Å². The first-order chi connectivity index (χ1) is 9.95. The monoisotopic (exact) mass is 293 g/mol. The topological polar surface area (TPSA) is 46.6 Å². The van der Waals surface area contributed by atoms with Gasteiger partial charge in [-0.25, -0.2) is 9.18 Å². The maximum absolute atomic E-state index is 13.1. The first-order valence-electron chi connectivity index (χ1n) is 7.19. The molecular weight excluding hydrogens is 273 g/mol. The summed E-state index contributed by atoms with van der Waals surface area (Å²) in [5.41, 5.74) is 0.783. The van der Waals surface area contributed by atoms with E-state index in [4.69, 9.17) is 4.74 Å². The van der Waals surface area contributed by atoms with E-state index in [1.807, 2.05) is 13.8 Å². The predicted octanol–water partition coefficient (Wildman–Crippen LogP) is 2.48. The first kappa shape index (κ1) is 15.5. The summed E-state index contributed by atoms with van der Waals surface area (Å²) in [7, 11) is 0. The Kier molecular flexibility index (Phi) is 4.60. The summed E-state index contributed by atoms with van der Waals surface area (Å²) in [6, 6.07) is 5.23. The number of carbonyl (C=O) groups is 2. The van der Waals surface area contributed by atoms with Crippen molar-refractivity contribution in [3.63, 3.8) is 0 Å². The zero-order valence-corrected chi connectivity index (χ0v) is 12.5. The minimum Gasteiger partial charge on any atom is -0.464 e. The number of ether oxygens (including phenoxy) is 1. The van der Waals surface area contributed by atoms with Crippen LogP contribution in [0, 0.1) is 5.82 Å². The quantitative estimate of drug-likeness (QED) is 0.801. The van der Waals surface area contributed by atoms with E-state index in [9.17, 15) is 14.0 Å². The molecule has 5 heteroatoms. The van der Waals surface area contributed by atoms with E-state index in [1.165, 1.54) is 12.1 Å². The Morgan fingerprint density at radius 1 is 1.38 bits per heavy atom. The van der Waals surface area contributed by atoms with E-state index < -0.39 is 12.0 Å². The molecule has 2 atom stereocenters. The second-order valence-electron chi connectivity index (χ2n) is 5.45. The Hall–Kier alpha value is -1.91. The number of halogens is 1. The molecule has 0 radical (unpaired) electrons. The number of nitrogens with zero attached hydrogens (tertiary/aromatic N) is 1. The minimum absolute atomic E-state index is 0.0719. The van der Waals surface area contributed by atoms with E-state index in [0.717, 1.165) is 5.56 Å². The normalized spacial score (nSPS) is 22.0. The number of benzene rings is 1. The summed E-state index contributed by atoms with van der Waals surface area (Å²) in [6.45, 7) is 5.75. The van der Waals surface area contributed by atoms with Gasteiger partial charge in [0.2, 0.25) is 5.91 Å². The fourth-order valence-corrected chi connectivity index (χ4v) is 2.88. The van der Waals surface area contributed by atoms with Crippen molar-refractivity contribution in [1.82, 2.24) is 4.90 Å². The van der Waals surface area contributed by atoms with Gasteiger partial charge in [0.25, 0.3) is 0 Å². The summed E-state index contributed by atoms with van der Waals surface area (Å²) in [6.07, 6.45) is 0.243. The molecule has 0 N–H and O–H groups in total. The van der Waals surface area contributed by atoms with Gasteiger partial charge in [-0.05, 0) is 38.5 Å². The molecule has 1 saturated heterocycles. The Morgan fingerprint density at radius 2 is 2.00 bits per heavy atom. The summed E-state index contributed by atoms with van der Waals surface area (Å²) in [5.74, 6) is -1.10. The van der Waals surface area contributed by atoms with E-state index >= 15 is 0 Å². The van der Waals surface area contributed by atoms with Crippen LogP contribution in [-0.4, -0.2) is 35.5 Å². The van der Waals surface area contributed by atoms with Crippen molar-refractivity contribution >= 4 is 11.9 Å². The maximum atomic E-state index is 13.1. The van der Waals surface area contributed by atoms with Gasteiger partial charge in [-0.2, -0.15) is 0 Å². The first-order valence-corrected chi connectivity index (χ1v) is 7.19. The van der Waals surface area contributed by atoms with Gasteiger partial charge in [-0.3, -0.25) is 4.79 Å². The molecule has 1 aromatic rings. The number of hydrogen-bond acceptors (Lipinski definition) is 3. The summed E-state index contributed by atoms with van der Waals surface area (Å²) in [5, 5.41) is 0. The van der Waals surface area contributed by atoms with Crippen molar-refractivity contribution in [3.05, 3.63) is 35.6 Å². The second-order valence-corrected chi connectivity index (χ2v) is 5.45. The Morgan fingerprint density at radius 3 is 2.52 bits per heavy atom. The molecule has 0 aliphatic carbocycles. The number of likely N-dealkylation sites (tertiary alicyclic amines) is 1. The summed E-state index contributed by atoms with van der Waals surface area (Å²) < 4.78 is 18.2. The summed E-state index contributed by atoms with van der Waals surface area (Å²) in [4.78, 5) is 26.1. The predicted molar refractivity (Wildman–Crippen MR) is 76.2 cm³/mol. The molecule has 114 valence electrons. The van der Waals surface area contributed by atoms with Crippen LogP contribution in [0.2, 0.25) is 0 Å². The number of amides is 1. The molecule has 0 bridgehead atoms. The lowest BCUT2D eigenvalue weighted by Gasteiger charge is -2.29. The third-order valence-corrected chi connectivity index (χ3v) is 3.75. The molecular formula is C16H20FNO3. The molecule has 1 fully saturated rings. The van der Waals surface area contributed by atoms with Crippen molar-refractivity contribution in [3.8, 4) is 0 Å². The lowest BCUT2D eigenvalue weighted by Crippen LogP contribution is -2.45. The van der Waals surface area contributed by atoms with Gasteiger partial charge >= 0.3 is 5.97 Å². The van der Waals surface area contributed by atoms with Gasteiger partial charge in [0.1, 0.15) is 11.9 Å². The van der Waals surface area contributed by atoms with Crippen LogP contribution in [0.25, 0.3) is 0 Å². The third kappa shape index (κ3) is 3.06. The van der Waals surface area contributed by atoms with E-state index in [0.29, 0.717) is 0 Å². The standard InChI is InChI=1S/C16H20FNO3/c1-4-21-16(20)15-13(9-14(19)18(15)10(2)3)11-5-7-12(17)8-6-11/h5-8,10,13,15H,4,9H2,1-3H3/t13-,15-/m1/s1. The van der Waals surface area contributed by atoms with Crippen LogP contribution in [0.1, 0.15) is 38.7 Å². The number of hydrogen-bond donors (Lipinski definition) is 0. The molecule has 4 nitrogen and oxygen atoms in total. The molecule has 1 amide bonds. The van der Waals surface area contributed by atoms with E-state index in [-0.39, 0.29) is 36.7 Å². The van der Waals surface area contributed by atoms with Crippen molar-refractivity contribution in [1.29, 1.82) is 0 Å². The van der Waals surface area contributed by atoms with Crippen LogP contribution in [0.3, 0.4) is 0 Å². The number of carbonyl (C=O) groups excluding carboxylic acids is 2. The van der Waals surface area contributed by atoms with Gasteiger partial charge in [0, 0.05) is 18.4 Å². The SMILES string of the molecule is CCOC(=O)[C@H]1[C@@H](c2ccc(F)cc2)CC(=O)N1C(C)C. The zero-order valence-electron chi connectivity index (χ0n) is 12.5. The van der Waals surface area contributed by atoms with Crippen molar-refractivity contribution < 1.29 is 18.7 Å². The fraction of sp³-hybridized carbons (Fsp3) is 0.500. The molecule has 1 aliphatic rings. The smallest absolute Gasteiger partial charge is 0.329 e. The maximum Gasteiger partial charge on any atom is 0.329 e. The Balaban J connectivity index is 2.36. The number of esters is 1. The van der Waals surface area contributed by atoms with Crippen LogP contribution in [-0.2, 0) is 14.3 Å². The van der Waals surface area contributed by atoms with Crippen molar-refractivity contribution in [2.45, 2.75) is 45.2 Å². The molecule has 2 rings (SSSR count). The largest absolute Gasteiger partial charge is 0.464 e. The van der Waals surface area contributed by atoms with Crippen molar-refractivity contribution in [2.24, 2.45) is 0 Å². The van der Waals surface area contributed by atoms with Gasteiger partial charge < -0.3 is 9.64 Å². The second kappa shape index (κ2) is 6.24. The highest BCUT2D eigenvalue weighted by Crippen LogP contribution is 2.36. The molecule has 0 aromatic heterocycles. The number of rotatable bonds is 4. The summed E-state index contributed by atoms with van der Waals surface area (Å²) >= 11 is 0. The van der Waals surface area contributed by atoms with E-state index in [1.54, 1.807) is 24.0 Å². The molecule has 1 aromatic carbocycles. The fourth-order valence-electron chi connectivity index (χ4n) is 2.88. The zero-order chi connectivity index (χ0) is 15.6. The molecule has 0 saturated carbocycles. The Bertz CT molecular complexity index is 527. The average molecular weight is 293 g/mol. The minimum atomic E-state index is -0.636. The van der Waals surface area contributed by atoms with Gasteiger partial charge in [-0.15, -0.1) is 0 Å². The van der Waals surface area contributed by atoms with Crippen LogP contribution in [0.5, 0.6) is 0 Å². The van der Waals surface area contributed by atoms with Gasteiger partial charge in [0.15, 0.2) is 0 Å². The average Bonchev–Trinajstić information content (AvgIpc) is 2.77. The lowest BCUT2D eigenvalue weighted by atomic mass is 9.91. The van der Waals surface area contributed by atoms with Gasteiger partial charge in [-0.1, -0.05) is 12.1 Å². The molecule has 21 heavy (non-hydrogen) atoms. The highest BCUT2D eigenvalue weighted by molar-refractivity contribution is 5.90. The lowest BCUT2D eigenvalue weighted by molar-refractivity contribution is -0.152. The molecule has 1 heterocycles. The van der Waals surface area contributed by atoms with Crippen LogP contribution >= 0.6 is 0 Å². The Labute approximate surface area is 123 Å². The molecule has 1 aliphatic heterocycles. The molecule has 0 spiro atoms. The van der Waals surface area contributed by atoms with Crippen LogP contribution < -0.4 is 0 Å². The van der Waals surface area contributed by atoms with Gasteiger partial charge in [0.05, 0.1) is 6.61 Å². The molecule has 0 unspecified atom stereocenters. The van der Waals surface area contributed by atoms with E-state index in [2.05, 4.69) is 0 Å². The highest BCUT2D eigenvalue weighted by atomic mass is 19.1. The van der Waals surface area contributed by atoms with Crippen LogP contribution in [0.15, 0.2) is 24.3 Å². The third-order valence-electron chi connectivity index (χ3n) is 3.75. The highest BCUT2D eigenvalue weighted by Gasteiger charge is 2.46. The van der Waals surface area contributed by atoms with Crippen molar-refractivity contribution in [2.75, 3.05) is 6.61 Å².